The van der Waals surface area contributed by atoms with E-state index in [1.807, 2.05) is 0 Å². The van der Waals surface area contributed by atoms with E-state index in [1.54, 1.807) is 0 Å². The van der Waals surface area contributed by atoms with Gasteiger partial charge < -0.3 is 5.11 Å². The molecular weight excluding hydrogens is 320 g/mol. The van der Waals surface area contributed by atoms with E-state index < -0.39 is 31.9 Å². The molecule has 0 unspecified atom stereocenters. The lowest BCUT2D eigenvalue weighted by atomic mass is 10.1. The first-order valence-corrected chi connectivity index (χ1v) is 8.97. The van der Waals surface area contributed by atoms with Crippen LogP contribution in [0.4, 0.5) is 0 Å². The first-order valence-electron chi connectivity index (χ1n) is 5.98. The van der Waals surface area contributed by atoms with E-state index in [0.29, 0.717) is 0 Å². The van der Waals surface area contributed by atoms with Crippen LogP contribution in [0.25, 0.3) is 0 Å². The zero-order chi connectivity index (χ0) is 15.8. The molecule has 0 radical (unpaired) electrons. The quantitative estimate of drug-likeness (QED) is 0.757. The molecule has 1 aromatic rings. The number of aliphatic carboxylic acids is 1. The molecule has 2 rings (SSSR count). The number of carboxylic acid groups (broad SMARTS) is 1. The van der Waals surface area contributed by atoms with Gasteiger partial charge in [0, 0.05) is 13.1 Å². The number of nitrogens with zero attached hydrogens (tertiary/aromatic N) is 1. The Balaban J connectivity index is 2.35. The van der Waals surface area contributed by atoms with Gasteiger partial charge in [0.25, 0.3) is 0 Å². The zero-order valence-corrected chi connectivity index (χ0v) is 12.5. The number of nitrogens with two attached hydrogens (primary N) is 1. The second-order valence-corrected chi connectivity index (χ2v) is 8.21. The van der Waals surface area contributed by atoms with Crippen molar-refractivity contribution in [2.75, 3.05) is 13.1 Å². The molecule has 0 aromatic heterocycles. The van der Waals surface area contributed by atoms with Crippen molar-refractivity contribution in [3.8, 4) is 0 Å². The number of hydrogen-bond donors (Lipinski definition) is 2. The summed E-state index contributed by atoms with van der Waals surface area (Å²) in [4.78, 5) is 10.3. The van der Waals surface area contributed by atoms with Crippen molar-refractivity contribution in [2.45, 2.75) is 16.2 Å². The molecule has 21 heavy (non-hydrogen) atoms. The number of benzene rings is 1. The van der Waals surface area contributed by atoms with Crippen LogP contribution in [0.5, 0.6) is 0 Å². The average molecular weight is 334 g/mol. The van der Waals surface area contributed by atoms with Crippen LogP contribution in [0.2, 0.25) is 0 Å². The van der Waals surface area contributed by atoms with Gasteiger partial charge in [-0.15, -0.1) is 0 Å². The van der Waals surface area contributed by atoms with E-state index in [2.05, 4.69) is 0 Å². The van der Waals surface area contributed by atoms with Gasteiger partial charge in [0.05, 0.1) is 15.7 Å². The third kappa shape index (κ3) is 3.23. The third-order valence-electron chi connectivity index (χ3n) is 3.27. The number of sulfonamides is 2. The van der Waals surface area contributed by atoms with Crippen LogP contribution in [-0.4, -0.2) is 45.3 Å². The summed E-state index contributed by atoms with van der Waals surface area (Å²) in [6.45, 7) is -0.0455. The topological polar surface area (TPSA) is 135 Å². The molecule has 0 spiro atoms. The Hall–Kier alpha value is -1.49. The molecule has 116 valence electrons. The number of rotatable bonds is 4. The van der Waals surface area contributed by atoms with Crippen molar-refractivity contribution in [2.24, 2.45) is 11.1 Å². The number of hydrogen-bond acceptors (Lipinski definition) is 5. The Labute approximate surface area is 122 Å². The number of carbonyl (C=O) groups is 1. The third-order valence-corrected chi connectivity index (χ3v) is 6.04. The summed E-state index contributed by atoms with van der Waals surface area (Å²) in [7, 11) is -7.95. The predicted molar refractivity (Wildman–Crippen MR) is 72.3 cm³/mol. The van der Waals surface area contributed by atoms with Crippen molar-refractivity contribution < 1.29 is 26.7 Å². The molecule has 0 saturated carbocycles. The number of primary sulfonamides is 1. The molecular formula is C11H14N2O6S2. The molecule has 1 aliphatic heterocycles. The lowest BCUT2D eigenvalue weighted by molar-refractivity contribution is -0.141. The fraction of sp³-hybridized carbons (Fsp3) is 0.364. The normalized spacial score (nSPS) is 20.5. The summed E-state index contributed by atoms with van der Waals surface area (Å²) in [5.74, 6) is -1.80. The van der Waals surface area contributed by atoms with Crippen LogP contribution in [0, 0.1) is 5.92 Å². The second-order valence-electron chi connectivity index (χ2n) is 4.71. The molecule has 0 bridgehead atoms. The van der Waals surface area contributed by atoms with E-state index in [4.69, 9.17) is 10.2 Å². The van der Waals surface area contributed by atoms with E-state index in [0.717, 1.165) is 10.4 Å². The van der Waals surface area contributed by atoms with Gasteiger partial charge in [-0.1, -0.05) is 6.07 Å². The molecule has 3 N–H and O–H groups in total. The Kier molecular flexibility index (Phi) is 4.06. The molecule has 1 aliphatic rings. The van der Waals surface area contributed by atoms with Crippen molar-refractivity contribution in [3.05, 3.63) is 24.3 Å². The summed E-state index contributed by atoms with van der Waals surface area (Å²) < 4.78 is 48.3. The summed E-state index contributed by atoms with van der Waals surface area (Å²) in [5, 5.41) is 13.9. The van der Waals surface area contributed by atoms with Gasteiger partial charge in [0.1, 0.15) is 0 Å². The first kappa shape index (κ1) is 15.9. The van der Waals surface area contributed by atoms with Crippen molar-refractivity contribution in [3.63, 3.8) is 0 Å². The summed E-state index contributed by atoms with van der Waals surface area (Å²) >= 11 is 0. The van der Waals surface area contributed by atoms with Crippen LogP contribution >= 0.6 is 0 Å². The van der Waals surface area contributed by atoms with Gasteiger partial charge in [-0.05, 0) is 24.6 Å². The summed E-state index contributed by atoms with van der Waals surface area (Å²) in [6, 6.07) is 4.69. The Bertz CT molecular complexity index is 772. The van der Waals surface area contributed by atoms with Gasteiger partial charge in [-0.25, -0.2) is 22.0 Å². The van der Waals surface area contributed by atoms with Gasteiger partial charge in [0.2, 0.25) is 20.0 Å². The summed E-state index contributed by atoms with van der Waals surface area (Å²) in [5.41, 5.74) is 0. The van der Waals surface area contributed by atoms with Crippen molar-refractivity contribution in [1.82, 2.24) is 4.31 Å². The highest BCUT2D eigenvalue weighted by Gasteiger charge is 2.36. The SMILES string of the molecule is NS(=O)(=O)c1cccc(S(=O)(=O)N2CC[C@H](C(=O)O)C2)c1. The van der Waals surface area contributed by atoms with Crippen LogP contribution < -0.4 is 5.14 Å². The highest BCUT2D eigenvalue weighted by molar-refractivity contribution is 7.90. The Morgan fingerprint density at radius 1 is 1.24 bits per heavy atom. The predicted octanol–water partition coefficient (Wildman–Crippen LogP) is -0.571. The molecule has 8 nitrogen and oxygen atoms in total. The highest BCUT2D eigenvalue weighted by atomic mass is 32.2. The molecule has 1 fully saturated rings. The monoisotopic (exact) mass is 334 g/mol. The van der Waals surface area contributed by atoms with Gasteiger partial charge in [-0.3, -0.25) is 4.79 Å². The lowest BCUT2D eigenvalue weighted by Crippen LogP contribution is -2.30. The highest BCUT2D eigenvalue weighted by Crippen LogP contribution is 2.25. The summed E-state index contributed by atoms with van der Waals surface area (Å²) in [6.07, 6.45) is 0.226. The zero-order valence-electron chi connectivity index (χ0n) is 10.8. The maximum Gasteiger partial charge on any atom is 0.307 e. The van der Waals surface area contributed by atoms with Crippen LogP contribution in [0.3, 0.4) is 0 Å². The minimum atomic E-state index is -4.01. The molecule has 1 saturated heterocycles. The Morgan fingerprint density at radius 2 is 1.86 bits per heavy atom. The van der Waals surface area contributed by atoms with E-state index >= 15 is 0 Å². The molecule has 0 amide bonds. The first-order chi connectivity index (χ1) is 9.62. The average Bonchev–Trinajstić information content (AvgIpc) is 2.88. The fourth-order valence-corrected chi connectivity index (χ4v) is 4.29. The maximum atomic E-state index is 12.4. The number of carboxylic acids is 1. The largest absolute Gasteiger partial charge is 0.481 e. The van der Waals surface area contributed by atoms with Crippen LogP contribution in [0.15, 0.2) is 34.1 Å². The molecule has 1 atom stereocenters. The standard InChI is InChI=1S/C11H14N2O6S2/c12-20(16,17)9-2-1-3-10(6-9)21(18,19)13-5-4-8(7-13)11(14)15/h1-3,6,8H,4-5,7H2,(H,14,15)(H2,12,16,17)/t8-/m0/s1. The molecule has 0 aliphatic carbocycles. The fourth-order valence-electron chi connectivity index (χ4n) is 2.11. The maximum absolute atomic E-state index is 12.4. The molecule has 1 heterocycles. The minimum Gasteiger partial charge on any atom is -0.481 e. The van der Waals surface area contributed by atoms with Gasteiger partial charge in [0.15, 0.2) is 0 Å². The van der Waals surface area contributed by atoms with Crippen LogP contribution in [0.1, 0.15) is 6.42 Å². The van der Waals surface area contributed by atoms with Crippen molar-refractivity contribution >= 4 is 26.0 Å². The Morgan fingerprint density at radius 3 is 2.38 bits per heavy atom. The van der Waals surface area contributed by atoms with E-state index in [9.17, 15) is 21.6 Å². The lowest BCUT2D eigenvalue weighted by Gasteiger charge is -2.16. The molecule has 1 aromatic carbocycles. The van der Waals surface area contributed by atoms with E-state index in [1.165, 1.54) is 18.2 Å². The molecule has 10 heteroatoms. The minimum absolute atomic E-state index is 0.0822. The van der Waals surface area contributed by atoms with Crippen LogP contribution in [-0.2, 0) is 24.8 Å². The second kappa shape index (κ2) is 5.37. The van der Waals surface area contributed by atoms with Crippen molar-refractivity contribution in [1.29, 1.82) is 0 Å². The van der Waals surface area contributed by atoms with E-state index in [-0.39, 0.29) is 29.3 Å². The van der Waals surface area contributed by atoms with Gasteiger partial charge >= 0.3 is 5.97 Å². The smallest absolute Gasteiger partial charge is 0.307 e. The van der Waals surface area contributed by atoms with Gasteiger partial charge in [-0.2, -0.15) is 4.31 Å².